The number of aromatic nitrogens is 4. The van der Waals surface area contributed by atoms with Gasteiger partial charge in [-0.15, -0.1) is 5.10 Å². The normalized spacial score (nSPS) is 11.3. The van der Waals surface area contributed by atoms with Gasteiger partial charge < -0.3 is 15.8 Å². The number of aliphatic hydroxyl groups excluding tert-OH is 1. The van der Waals surface area contributed by atoms with Crippen molar-refractivity contribution in [2.75, 3.05) is 6.61 Å². The SMILES string of the molecule is NCc1nnn(CCO)c1Cc1c[nH]c2ccccc12. The summed E-state index contributed by atoms with van der Waals surface area (Å²) in [6, 6.07) is 8.16. The van der Waals surface area contributed by atoms with Gasteiger partial charge in [0.1, 0.15) is 0 Å². The molecule has 3 aromatic rings. The van der Waals surface area contributed by atoms with Crippen molar-refractivity contribution in [3.8, 4) is 0 Å². The molecule has 1 aromatic carbocycles. The van der Waals surface area contributed by atoms with Gasteiger partial charge in [-0.25, -0.2) is 4.68 Å². The van der Waals surface area contributed by atoms with Gasteiger partial charge in [0.2, 0.25) is 0 Å². The number of nitrogens with zero attached hydrogens (tertiary/aromatic N) is 3. The molecular weight excluding hydrogens is 254 g/mol. The second-order valence-electron chi connectivity index (χ2n) is 4.67. The predicted molar refractivity (Wildman–Crippen MR) is 76.1 cm³/mol. The van der Waals surface area contributed by atoms with E-state index in [0.29, 0.717) is 19.5 Å². The number of hydrogen-bond donors (Lipinski definition) is 3. The van der Waals surface area contributed by atoms with Gasteiger partial charge in [-0.05, 0) is 11.6 Å². The molecule has 0 aliphatic carbocycles. The highest BCUT2D eigenvalue weighted by molar-refractivity contribution is 5.83. The molecule has 0 aliphatic rings. The van der Waals surface area contributed by atoms with Gasteiger partial charge in [-0.2, -0.15) is 0 Å². The standard InChI is InChI=1S/C14H17N5O/c15-8-13-14(19(5-6-20)18-17-13)7-10-9-16-12-4-2-1-3-11(10)12/h1-4,9,16,20H,5-8,15H2. The van der Waals surface area contributed by atoms with Gasteiger partial charge >= 0.3 is 0 Å². The summed E-state index contributed by atoms with van der Waals surface area (Å²) in [4.78, 5) is 3.26. The van der Waals surface area contributed by atoms with E-state index in [9.17, 15) is 0 Å². The maximum Gasteiger partial charge on any atom is 0.0998 e. The smallest absolute Gasteiger partial charge is 0.0998 e. The van der Waals surface area contributed by atoms with E-state index in [-0.39, 0.29) is 6.61 Å². The molecular formula is C14H17N5O. The van der Waals surface area contributed by atoms with Crippen LogP contribution in [0, 0.1) is 0 Å². The highest BCUT2D eigenvalue weighted by Crippen LogP contribution is 2.21. The van der Waals surface area contributed by atoms with Crippen molar-refractivity contribution in [2.45, 2.75) is 19.5 Å². The topological polar surface area (TPSA) is 92.8 Å². The molecule has 0 aliphatic heterocycles. The van der Waals surface area contributed by atoms with Crippen LogP contribution < -0.4 is 5.73 Å². The number of nitrogens with one attached hydrogen (secondary N) is 1. The molecule has 0 spiro atoms. The van der Waals surface area contributed by atoms with Crippen molar-refractivity contribution in [1.82, 2.24) is 20.0 Å². The number of para-hydroxylation sites is 1. The number of hydrogen-bond acceptors (Lipinski definition) is 4. The summed E-state index contributed by atoms with van der Waals surface area (Å²) in [5.74, 6) is 0. The first-order valence-corrected chi connectivity index (χ1v) is 6.60. The Bertz CT molecular complexity index is 715. The number of aromatic amines is 1. The lowest BCUT2D eigenvalue weighted by atomic mass is 10.1. The fraction of sp³-hybridized carbons (Fsp3) is 0.286. The first kappa shape index (κ1) is 12.8. The van der Waals surface area contributed by atoms with Crippen LogP contribution in [0.3, 0.4) is 0 Å². The van der Waals surface area contributed by atoms with Crippen molar-refractivity contribution < 1.29 is 5.11 Å². The van der Waals surface area contributed by atoms with Gasteiger partial charge in [-0.1, -0.05) is 23.4 Å². The Kier molecular flexibility index (Phi) is 3.49. The molecule has 20 heavy (non-hydrogen) atoms. The van der Waals surface area contributed by atoms with Crippen molar-refractivity contribution in [3.63, 3.8) is 0 Å². The molecule has 6 nitrogen and oxygen atoms in total. The van der Waals surface area contributed by atoms with Gasteiger partial charge in [0, 0.05) is 30.1 Å². The van der Waals surface area contributed by atoms with E-state index >= 15 is 0 Å². The lowest BCUT2D eigenvalue weighted by Gasteiger charge is -2.05. The Morgan fingerprint density at radius 1 is 1.30 bits per heavy atom. The van der Waals surface area contributed by atoms with E-state index in [2.05, 4.69) is 21.4 Å². The largest absolute Gasteiger partial charge is 0.394 e. The average molecular weight is 271 g/mol. The van der Waals surface area contributed by atoms with Crippen LogP contribution in [-0.2, 0) is 19.5 Å². The Hall–Kier alpha value is -2.18. The first-order valence-electron chi connectivity index (χ1n) is 6.60. The van der Waals surface area contributed by atoms with E-state index < -0.39 is 0 Å². The Morgan fingerprint density at radius 2 is 2.15 bits per heavy atom. The molecule has 6 heteroatoms. The maximum atomic E-state index is 9.10. The third kappa shape index (κ3) is 2.19. The minimum Gasteiger partial charge on any atom is -0.394 e. The summed E-state index contributed by atoms with van der Waals surface area (Å²) >= 11 is 0. The van der Waals surface area contributed by atoms with Crippen LogP contribution >= 0.6 is 0 Å². The van der Waals surface area contributed by atoms with E-state index in [0.717, 1.165) is 16.9 Å². The number of aliphatic hydroxyl groups is 1. The molecule has 2 aromatic heterocycles. The third-order valence-corrected chi connectivity index (χ3v) is 3.46. The second-order valence-corrected chi connectivity index (χ2v) is 4.67. The van der Waals surface area contributed by atoms with Crippen molar-refractivity contribution in [2.24, 2.45) is 5.73 Å². The fourth-order valence-electron chi connectivity index (χ4n) is 2.45. The van der Waals surface area contributed by atoms with Gasteiger partial charge in [-0.3, -0.25) is 0 Å². The Labute approximate surface area is 116 Å². The summed E-state index contributed by atoms with van der Waals surface area (Å²) in [5, 5.41) is 18.4. The van der Waals surface area contributed by atoms with Crippen LogP contribution in [0.4, 0.5) is 0 Å². The molecule has 0 bridgehead atoms. The van der Waals surface area contributed by atoms with Crippen LogP contribution in [0.5, 0.6) is 0 Å². The highest BCUT2D eigenvalue weighted by Gasteiger charge is 2.14. The van der Waals surface area contributed by atoms with Crippen molar-refractivity contribution in [1.29, 1.82) is 0 Å². The molecule has 0 amide bonds. The maximum absolute atomic E-state index is 9.10. The molecule has 0 fully saturated rings. The molecule has 0 saturated carbocycles. The molecule has 3 rings (SSSR count). The van der Waals surface area contributed by atoms with E-state index in [1.54, 1.807) is 4.68 Å². The van der Waals surface area contributed by atoms with Crippen LogP contribution in [0.2, 0.25) is 0 Å². The molecule has 104 valence electrons. The quantitative estimate of drug-likeness (QED) is 0.640. The highest BCUT2D eigenvalue weighted by atomic mass is 16.3. The number of fused-ring (bicyclic) bond motifs is 1. The predicted octanol–water partition coefficient (Wildman–Crippen LogP) is 0.801. The summed E-state index contributed by atoms with van der Waals surface area (Å²) in [6.07, 6.45) is 2.70. The first-order chi connectivity index (χ1) is 9.83. The molecule has 4 N–H and O–H groups in total. The molecule has 0 atom stereocenters. The summed E-state index contributed by atoms with van der Waals surface area (Å²) < 4.78 is 1.73. The Balaban J connectivity index is 2.00. The fourth-order valence-corrected chi connectivity index (χ4v) is 2.45. The number of benzene rings is 1. The minimum absolute atomic E-state index is 0.0360. The monoisotopic (exact) mass is 271 g/mol. The van der Waals surface area contributed by atoms with Gasteiger partial charge in [0.15, 0.2) is 0 Å². The lowest BCUT2D eigenvalue weighted by molar-refractivity contribution is 0.266. The minimum atomic E-state index is 0.0360. The summed E-state index contributed by atoms with van der Waals surface area (Å²) in [5.41, 5.74) is 9.75. The zero-order valence-electron chi connectivity index (χ0n) is 11.1. The number of H-pyrrole nitrogens is 1. The number of nitrogens with two attached hydrogens (primary N) is 1. The van der Waals surface area contributed by atoms with Crippen LogP contribution in [0.1, 0.15) is 17.0 Å². The Morgan fingerprint density at radius 3 is 2.95 bits per heavy atom. The van der Waals surface area contributed by atoms with Crippen LogP contribution in [-0.4, -0.2) is 31.7 Å². The zero-order chi connectivity index (χ0) is 13.9. The van der Waals surface area contributed by atoms with Crippen LogP contribution in [0.25, 0.3) is 10.9 Å². The lowest BCUT2D eigenvalue weighted by Crippen LogP contribution is -2.10. The van der Waals surface area contributed by atoms with Crippen molar-refractivity contribution >= 4 is 10.9 Å². The second kappa shape index (κ2) is 5.44. The number of rotatable bonds is 5. The third-order valence-electron chi connectivity index (χ3n) is 3.46. The molecule has 0 unspecified atom stereocenters. The van der Waals surface area contributed by atoms with E-state index in [1.165, 1.54) is 10.9 Å². The summed E-state index contributed by atoms with van der Waals surface area (Å²) in [7, 11) is 0. The van der Waals surface area contributed by atoms with Gasteiger partial charge in [0.25, 0.3) is 0 Å². The molecule has 0 saturated heterocycles. The van der Waals surface area contributed by atoms with E-state index in [4.69, 9.17) is 10.8 Å². The molecule has 0 radical (unpaired) electrons. The average Bonchev–Trinajstić information content (AvgIpc) is 3.05. The van der Waals surface area contributed by atoms with Crippen LogP contribution in [0.15, 0.2) is 30.5 Å². The molecule has 2 heterocycles. The summed E-state index contributed by atoms with van der Waals surface area (Å²) in [6.45, 7) is 0.821. The van der Waals surface area contributed by atoms with Gasteiger partial charge in [0.05, 0.1) is 24.5 Å². The van der Waals surface area contributed by atoms with E-state index in [1.807, 2.05) is 24.4 Å². The zero-order valence-corrected chi connectivity index (χ0v) is 11.1. The van der Waals surface area contributed by atoms with Crippen molar-refractivity contribution in [3.05, 3.63) is 47.4 Å².